The molecule has 2 fully saturated rings. The van der Waals surface area contributed by atoms with Crippen LogP contribution < -0.4 is 5.32 Å². The van der Waals surface area contributed by atoms with Crippen molar-refractivity contribution in [2.24, 2.45) is 5.41 Å². The normalized spacial score (nSPS) is 31.6. The number of ether oxygens (including phenoxy) is 1. The minimum absolute atomic E-state index is 0.0147. The number of nitrogens with zero attached hydrogens (tertiary/aromatic N) is 1. The third-order valence-electron chi connectivity index (χ3n) is 4.79. The van der Waals surface area contributed by atoms with E-state index in [9.17, 15) is 4.79 Å². The van der Waals surface area contributed by atoms with E-state index in [4.69, 9.17) is 4.74 Å². The monoisotopic (exact) mass is 300 g/mol. The molecule has 0 bridgehead atoms. The first-order valence-electron chi connectivity index (χ1n) is 7.75. The van der Waals surface area contributed by atoms with Crippen molar-refractivity contribution < 1.29 is 9.53 Å². The molecular formula is C15H28N2O2S. The number of carbonyl (C=O) groups is 1. The quantitative estimate of drug-likeness (QED) is 0.804. The second kappa shape index (κ2) is 6.67. The molecule has 2 rings (SSSR count). The summed E-state index contributed by atoms with van der Waals surface area (Å²) in [6, 6.07) is 0. The first kappa shape index (κ1) is 16.1. The Kier molecular flexibility index (Phi) is 5.37. The van der Waals surface area contributed by atoms with Gasteiger partial charge in [0.05, 0.1) is 6.61 Å². The Hall–Kier alpha value is -0.260. The summed E-state index contributed by atoms with van der Waals surface area (Å²) in [6.45, 7) is 10.8. The molecule has 0 aromatic rings. The standard InChI is InChI=1S/C15H28N2O2S/c1-4-19-13(18)15(12-20-11-6-14(15,2)3)17-9-5-7-16-8-10-17/h16H,4-12H2,1-3H3. The molecule has 116 valence electrons. The molecule has 1 unspecified atom stereocenters. The van der Waals surface area contributed by atoms with Crippen LogP contribution >= 0.6 is 11.8 Å². The van der Waals surface area contributed by atoms with Gasteiger partial charge >= 0.3 is 5.97 Å². The van der Waals surface area contributed by atoms with Gasteiger partial charge in [0.25, 0.3) is 0 Å². The fraction of sp³-hybridized carbons (Fsp3) is 0.933. The van der Waals surface area contributed by atoms with Crippen LogP contribution in [0.2, 0.25) is 0 Å². The number of thioether (sulfide) groups is 1. The highest BCUT2D eigenvalue weighted by molar-refractivity contribution is 7.99. The first-order valence-corrected chi connectivity index (χ1v) is 8.91. The third kappa shape index (κ3) is 2.85. The van der Waals surface area contributed by atoms with Gasteiger partial charge in [-0.3, -0.25) is 4.90 Å². The molecule has 2 heterocycles. The van der Waals surface area contributed by atoms with Crippen molar-refractivity contribution in [3.05, 3.63) is 0 Å². The molecule has 0 saturated carbocycles. The second-order valence-electron chi connectivity index (χ2n) is 6.36. The van der Waals surface area contributed by atoms with Gasteiger partial charge in [-0.15, -0.1) is 0 Å². The third-order valence-corrected chi connectivity index (χ3v) is 5.91. The lowest BCUT2D eigenvalue weighted by Crippen LogP contribution is -2.67. The van der Waals surface area contributed by atoms with Crippen molar-refractivity contribution >= 4 is 17.7 Å². The van der Waals surface area contributed by atoms with E-state index >= 15 is 0 Å². The smallest absolute Gasteiger partial charge is 0.327 e. The summed E-state index contributed by atoms with van der Waals surface area (Å²) in [5.41, 5.74) is -0.493. The fourth-order valence-electron chi connectivity index (χ4n) is 3.41. The Balaban J connectivity index is 2.33. The minimum Gasteiger partial charge on any atom is -0.465 e. The number of carbonyl (C=O) groups excluding carboxylic acids is 1. The number of rotatable bonds is 3. The SMILES string of the molecule is CCOC(=O)C1(N2CCCNCC2)CSCCC1(C)C. The maximum absolute atomic E-state index is 12.8. The maximum Gasteiger partial charge on any atom is 0.327 e. The predicted octanol–water partition coefficient (Wildman–Crippen LogP) is 1.75. The molecule has 2 aliphatic heterocycles. The maximum atomic E-state index is 12.8. The van der Waals surface area contributed by atoms with Gasteiger partial charge in [-0.2, -0.15) is 11.8 Å². The topological polar surface area (TPSA) is 41.6 Å². The van der Waals surface area contributed by atoms with Gasteiger partial charge in [0.2, 0.25) is 0 Å². The second-order valence-corrected chi connectivity index (χ2v) is 7.46. The van der Waals surface area contributed by atoms with E-state index in [2.05, 4.69) is 24.1 Å². The van der Waals surface area contributed by atoms with Crippen molar-refractivity contribution in [1.82, 2.24) is 10.2 Å². The molecule has 0 spiro atoms. The summed E-state index contributed by atoms with van der Waals surface area (Å²) < 4.78 is 5.50. The van der Waals surface area contributed by atoms with Crippen LogP contribution in [-0.4, -0.2) is 60.7 Å². The van der Waals surface area contributed by atoms with Crippen LogP contribution in [0.15, 0.2) is 0 Å². The highest BCUT2D eigenvalue weighted by atomic mass is 32.2. The molecule has 2 aliphatic rings. The summed E-state index contributed by atoms with van der Waals surface area (Å²) in [4.78, 5) is 15.2. The Morgan fingerprint density at radius 1 is 1.35 bits per heavy atom. The lowest BCUT2D eigenvalue weighted by atomic mass is 9.69. The van der Waals surface area contributed by atoms with Gasteiger partial charge in [0.15, 0.2) is 0 Å². The van der Waals surface area contributed by atoms with E-state index in [0.29, 0.717) is 6.61 Å². The largest absolute Gasteiger partial charge is 0.465 e. The van der Waals surface area contributed by atoms with Crippen LogP contribution in [0.25, 0.3) is 0 Å². The number of hydrogen-bond acceptors (Lipinski definition) is 5. The van der Waals surface area contributed by atoms with E-state index in [-0.39, 0.29) is 11.4 Å². The van der Waals surface area contributed by atoms with E-state index in [1.807, 2.05) is 18.7 Å². The van der Waals surface area contributed by atoms with Crippen molar-refractivity contribution in [1.29, 1.82) is 0 Å². The predicted molar refractivity (Wildman–Crippen MR) is 84.1 cm³/mol. The van der Waals surface area contributed by atoms with Crippen LogP contribution in [0.3, 0.4) is 0 Å². The lowest BCUT2D eigenvalue weighted by molar-refractivity contribution is -0.166. The first-order chi connectivity index (χ1) is 9.54. The summed E-state index contributed by atoms with van der Waals surface area (Å²) >= 11 is 1.90. The highest BCUT2D eigenvalue weighted by Crippen LogP contribution is 2.47. The van der Waals surface area contributed by atoms with Crippen molar-refractivity contribution in [2.75, 3.05) is 44.3 Å². The van der Waals surface area contributed by atoms with Crippen LogP contribution in [0.5, 0.6) is 0 Å². The van der Waals surface area contributed by atoms with Gasteiger partial charge in [0, 0.05) is 25.4 Å². The lowest BCUT2D eigenvalue weighted by Gasteiger charge is -2.53. The van der Waals surface area contributed by atoms with Crippen LogP contribution in [0.1, 0.15) is 33.6 Å². The summed E-state index contributed by atoms with van der Waals surface area (Å²) in [5.74, 6) is 1.98. The number of nitrogens with one attached hydrogen (secondary N) is 1. The summed E-state index contributed by atoms with van der Waals surface area (Å²) in [5, 5.41) is 3.43. The van der Waals surface area contributed by atoms with Crippen molar-refractivity contribution in [3.63, 3.8) is 0 Å². The number of hydrogen-bond donors (Lipinski definition) is 1. The molecular weight excluding hydrogens is 272 g/mol. The zero-order valence-corrected chi connectivity index (χ0v) is 13.9. The van der Waals surface area contributed by atoms with Gasteiger partial charge in [-0.1, -0.05) is 13.8 Å². The minimum atomic E-state index is -0.460. The van der Waals surface area contributed by atoms with E-state index < -0.39 is 5.54 Å². The molecule has 0 aliphatic carbocycles. The Morgan fingerprint density at radius 2 is 2.15 bits per heavy atom. The average molecular weight is 300 g/mol. The van der Waals surface area contributed by atoms with E-state index in [0.717, 1.165) is 50.5 Å². The highest BCUT2D eigenvalue weighted by Gasteiger charge is 2.57. The molecule has 0 aromatic carbocycles. The zero-order chi connectivity index (χ0) is 14.6. The van der Waals surface area contributed by atoms with E-state index in [1.54, 1.807) is 0 Å². The number of esters is 1. The van der Waals surface area contributed by atoms with Crippen molar-refractivity contribution in [2.45, 2.75) is 39.2 Å². The molecule has 0 aromatic heterocycles. The van der Waals surface area contributed by atoms with Gasteiger partial charge in [-0.05, 0) is 37.5 Å². The molecule has 0 amide bonds. The van der Waals surface area contributed by atoms with Gasteiger partial charge < -0.3 is 10.1 Å². The molecule has 4 nitrogen and oxygen atoms in total. The van der Waals surface area contributed by atoms with Crippen molar-refractivity contribution in [3.8, 4) is 0 Å². The molecule has 20 heavy (non-hydrogen) atoms. The van der Waals surface area contributed by atoms with Gasteiger partial charge in [-0.25, -0.2) is 4.79 Å². The molecule has 1 atom stereocenters. The Morgan fingerprint density at radius 3 is 2.85 bits per heavy atom. The molecule has 0 radical (unpaired) electrons. The summed E-state index contributed by atoms with van der Waals surface area (Å²) in [6.07, 6.45) is 2.17. The molecule has 2 saturated heterocycles. The fourth-order valence-corrected chi connectivity index (χ4v) is 5.20. The van der Waals surface area contributed by atoms with Crippen LogP contribution in [0, 0.1) is 5.41 Å². The average Bonchev–Trinajstić information content (AvgIpc) is 2.68. The molecule has 1 N–H and O–H groups in total. The Bertz CT molecular complexity index is 341. The Labute approximate surface area is 127 Å². The van der Waals surface area contributed by atoms with Crippen LogP contribution in [0.4, 0.5) is 0 Å². The van der Waals surface area contributed by atoms with Crippen LogP contribution in [-0.2, 0) is 9.53 Å². The van der Waals surface area contributed by atoms with E-state index in [1.165, 1.54) is 0 Å². The zero-order valence-electron chi connectivity index (χ0n) is 13.0. The molecule has 5 heteroatoms. The van der Waals surface area contributed by atoms with Gasteiger partial charge in [0.1, 0.15) is 5.54 Å². The summed E-state index contributed by atoms with van der Waals surface area (Å²) in [7, 11) is 0.